The molecule has 8 heteroatoms. The third-order valence-corrected chi connectivity index (χ3v) is 7.00. The van der Waals surface area contributed by atoms with Crippen molar-refractivity contribution in [2.24, 2.45) is 11.1 Å². The highest BCUT2D eigenvalue weighted by molar-refractivity contribution is 5.90. The molecule has 0 aromatic heterocycles. The number of nitrogens with zero attached hydrogens (tertiary/aromatic N) is 1. The number of phenolic OH excluding ortho intramolecular Hbond substituents is 1. The number of benzene rings is 2. The molecule has 40 heavy (non-hydrogen) atoms. The van der Waals surface area contributed by atoms with E-state index in [1.54, 1.807) is 42.1 Å². The number of hydrogen-bond acceptors (Lipinski definition) is 5. The van der Waals surface area contributed by atoms with Gasteiger partial charge >= 0.3 is 0 Å². The lowest BCUT2D eigenvalue weighted by Crippen LogP contribution is -2.57. The zero-order chi connectivity index (χ0) is 30.3. The number of carbonyl (C=O) groups excluding carboxylic acids is 3. The highest BCUT2D eigenvalue weighted by atomic mass is 16.3. The molecule has 8 nitrogen and oxygen atoms in total. The largest absolute Gasteiger partial charge is 0.508 e. The fraction of sp³-hybridized carbons (Fsp3) is 0.531. The molecule has 2 aliphatic rings. The summed E-state index contributed by atoms with van der Waals surface area (Å²) in [4.78, 5) is 35.7. The first-order valence-electron chi connectivity index (χ1n) is 14.3. The summed E-state index contributed by atoms with van der Waals surface area (Å²) in [7, 11) is 1.71. The maximum atomic E-state index is 13.1. The summed E-state index contributed by atoms with van der Waals surface area (Å²) >= 11 is 0. The molecule has 2 atom stereocenters. The molecule has 0 saturated heterocycles. The van der Waals surface area contributed by atoms with Crippen LogP contribution in [0.2, 0.25) is 0 Å². The number of carbonyl (C=O) groups is 3. The summed E-state index contributed by atoms with van der Waals surface area (Å²) in [6, 6.07) is 13.1. The molecule has 4 rings (SSSR count). The van der Waals surface area contributed by atoms with Crippen molar-refractivity contribution in [1.82, 2.24) is 15.5 Å². The summed E-state index contributed by atoms with van der Waals surface area (Å²) in [5, 5.41) is 15.5. The maximum Gasteiger partial charge on any atom is 0.246 e. The second kappa shape index (κ2) is 17.3. The summed E-state index contributed by atoms with van der Waals surface area (Å²) in [5.41, 5.74) is 9.03. The topological polar surface area (TPSA) is 125 Å². The van der Waals surface area contributed by atoms with Crippen molar-refractivity contribution in [1.29, 1.82) is 0 Å². The molecule has 1 aliphatic heterocycles. The van der Waals surface area contributed by atoms with E-state index in [-0.39, 0.29) is 34.3 Å². The van der Waals surface area contributed by atoms with Gasteiger partial charge < -0.3 is 26.4 Å². The van der Waals surface area contributed by atoms with Crippen molar-refractivity contribution in [3.8, 4) is 5.75 Å². The third-order valence-electron chi connectivity index (χ3n) is 7.00. The molecule has 5 N–H and O–H groups in total. The van der Waals surface area contributed by atoms with E-state index in [9.17, 15) is 14.7 Å². The first-order valence-corrected chi connectivity index (χ1v) is 14.3. The number of likely N-dealkylation sites (N-methyl/N-ethyl adjacent to an activating group) is 1. The summed E-state index contributed by atoms with van der Waals surface area (Å²) in [5.74, 6) is -0.0689. The fourth-order valence-corrected chi connectivity index (χ4v) is 4.64. The second-order valence-corrected chi connectivity index (χ2v) is 10.9. The molecule has 3 amide bonds. The number of amides is 3. The van der Waals surface area contributed by atoms with Crippen LogP contribution in [0.15, 0.2) is 42.5 Å². The number of nitrogens with one attached hydrogen (secondary N) is 2. The van der Waals surface area contributed by atoms with Gasteiger partial charge in [-0.2, -0.15) is 0 Å². The van der Waals surface area contributed by atoms with Crippen LogP contribution in [0.3, 0.4) is 0 Å². The SMILES string of the molecule is CC.CN[C@@H](C)C(=O)N[C@H](C(=O)N1CCc2ccc(O)cc2C1)C(C)(C)C.NC=O.[HH].[HH].[HH].c1ccc2c(c1)CCCC2. The van der Waals surface area contributed by atoms with Gasteiger partial charge in [0.25, 0.3) is 0 Å². The van der Waals surface area contributed by atoms with Crippen LogP contribution in [0.4, 0.5) is 0 Å². The Balaban J connectivity index is -0.000000741. The van der Waals surface area contributed by atoms with Crippen LogP contribution in [-0.4, -0.2) is 53.9 Å². The van der Waals surface area contributed by atoms with Gasteiger partial charge in [-0.15, -0.1) is 0 Å². The molecular formula is C32H56N4O4. The number of nitrogens with two attached hydrogens (primary N) is 1. The van der Waals surface area contributed by atoms with E-state index in [1.165, 1.54) is 25.7 Å². The van der Waals surface area contributed by atoms with Gasteiger partial charge in [-0.25, -0.2) is 0 Å². The molecule has 0 radical (unpaired) electrons. The van der Waals surface area contributed by atoms with Crippen LogP contribution >= 0.6 is 0 Å². The highest BCUT2D eigenvalue weighted by Gasteiger charge is 2.37. The lowest BCUT2D eigenvalue weighted by Gasteiger charge is -2.37. The van der Waals surface area contributed by atoms with E-state index in [1.807, 2.05) is 40.7 Å². The van der Waals surface area contributed by atoms with E-state index in [2.05, 4.69) is 40.6 Å². The molecule has 0 unspecified atom stereocenters. The van der Waals surface area contributed by atoms with Crippen molar-refractivity contribution >= 4 is 18.2 Å². The Labute approximate surface area is 245 Å². The molecule has 0 fully saturated rings. The van der Waals surface area contributed by atoms with Crippen LogP contribution in [0.25, 0.3) is 0 Å². The minimum atomic E-state index is -0.602. The van der Waals surface area contributed by atoms with Crippen LogP contribution in [0, 0.1) is 5.41 Å². The average molecular weight is 561 g/mol. The molecule has 0 saturated carbocycles. The van der Waals surface area contributed by atoms with Gasteiger partial charge in [-0.05, 0) is 85.9 Å². The Morgan fingerprint density at radius 1 is 1.00 bits per heavy atom. The van der Waals surface area contributed by atoms with E-state index in [0.29, 0.717) is 13.1 Å². The maximum absolute atomic E-state index is 13.1. The zero-order valence-electron chi connectivity index (χ0n) is 25.4. The van der Waals surface area contributed by atoms with E-state index >= 15 is 0 Å². The molecule has 1 aliphatic carbocycles. The first-order chi connectivity index (χ1) is 19.0. The Hall–Kier alpha value is -3.39. The number of primary amides is 1. The minimum absolute atomic E-state index is 0. The van der Waals surface area contributed by atoms with Crippen molar-refractivity contribution in [2.75, 3.05) is 13.6 Å². The molecule has 228 valence electrons. The third kappa shape index (κ3) is 10.6. The quantitative estimate of drug-likeness (QED) is 0.398. The number of aryl methyl sites for hydroxylation is 2. The van der Waals surface area contributed by atoms with E-state index in [0.717, 1.165) is 17.5 Å². The lowest BCUT2D eigenvalue weighted by molar-refractivity contribution is -0.140. The Bertz CT molecular complexity index is 1070. The normalized spacial score (nSPS) is 15.0. The fourth-order valence-electron chi connectivity index (χ4n) is 4.64. The summed E-state index contributed by atoms with van der Waals surface area (Å²) in [6.07, 6.45) is 6.37. The molecule has 1 heterocycles. The van der Waals surface area contributed by atoms with Crippen molar-refractivity contribution < 1.29 is 23.8 Å². The molecule has 0 spiro atoms. The van der Waals surface area contributed by atoms with Gasteiger partial charge in [0.1, 0.15) is 11.8 Å². The number of rotatable bonds is 4. The van der Waals surface area contributed by atoms with Gasteiger partial charge in [0.2, 0.25) is 18.2 Å². The molecule has 2 aromatic carbocycles. The van der Waals surface area contributed by atoms with E-state index in [4.69, 9.17) is 4.79 Å². The number of aromatic hydroxyl groups is 1. The minimum Gasteiger partial charge on any atom is -0.508 e. The molecular weight excluding hydrogens is 504 g/mol. The van der Waals surface area contributed by atoms with Gasteiger partial charge in [-0.1, -0.05) is 65.0 Å². The second-order valence-electron chi connectivity index (χ2n) is 10.9. The zero-order valence-corrected chi connectivity index (χ0v) is 25.4. The Morgan fingerprint density at radius 2 is 1.52 bits per heavy atom. The van der Waals surface area contributed by atoms with Crippen molar-refractivity contribution in [3.05, 3.63) is 64.7 Å². The van der Waals surface area contributed by atoms with Crippen molar-refractivity contribution in [2.45, 2.75) is 92.3 Å². The summed E-state index contributed by atoms with van der Waals surface area (Å²) < 4.78 is 0. The van der Waals surface area contributed by atoms with E-state index < -0.39 is 11.5 Å². The van der Waals surface area contributed by atoms with Gasteiger partial charge in [0.15, 0.2) is 0 Å². The Morgan fingerprint density at radius 3 is 2.02 bits per heavy atom. The van der Waals surface area contributed by atoms with Gasteiger partial charge in [0.05, 0.1) is 6.04 Å². The smallest absolute Gasteiger partial charge is 0.246 e. The number of fused-ring (bicyclic) bond motifs is 2. The van der Waals surface area contributed by atoms with Crippen LogP contribution in [0.1, 0.15) is 80.9 Å². The predicted molar refractivity (Wildman–Crippen MR) is 168 cm³/mol. The first kappa shape index (κ1) is 34.6. The highest BCUT2D eigenvalue weighted by Crippen LogP contribution is 2.27. The number of hydrogen-bond donors (Lipinski definition) is 4. The van der Waals surface area contributed by atoms with Crippen LogP contribution in [-0.2, 0) is 40.2 Å². The Kier molecular flexibility index (Phi) is 15.0. The van der Waals surface area contributed by atoms with Crippen LogP contribution < -0.4 is 16.4 Å². The van der Waals surface area contributed by atoms with Gasteiger partial charge in [-0.3, -0.25) is 14.4 Å². The lowest BCUT2D eigenvalue weighted by atomic mass is 9.85. The van der Waals surface area contributed by atoms with Crippen molar-refractivity contribution in [3.63, 3.8) is 0 Å². The standard InChI is InChI=1S/C19H29N3O3.C10H12.C2H6.CH3NO.3H2/c1-12(20-5)17(24)21-16(19(2,3)4)18(25)22-9-8-13-6-7-15(23)10-14(13)11-22;1-2-6-10-8-4-3-7-9(10)5-1;1-2;2-1-3;;;/h6-7,10,12,16,20,23H,8-9,11H2,1-5H3,(H,21,24);1-2,5-6H,3-4,7-8H2;1-2H3;1H,(H2,2,3);3*1H/t12-,16+;;;;;;/m0....../s1. The number of phenols is 1. The molecule has 0 bridgehead atoms. The van der Waals surface area contributed by atoms with Crippen LogP contribution in [0.5, 0.6) is 5.75 Å². The molecule has 2 aromatic rings. The average Bonchev–Trinajstić information content (AvgIpc) is 2.95. The summed E-state index contributed by atoms with van der Waals surface area (Å²) in [6.45, 7) is 12.7. The van der Waals surface area contributed by atoms with Gasteiger partial charge in [0, 0.05) is 17.4 Å². The predicted octanol–water partition coefficient (Wildman–Crippen LogP) is 4.85. The monoisotopic (exact) mass is 560 g/mol.